The van der Waals surface area contributed by atoms with Gasteiger partial charge in [0, 0.05) is 38.4 Å². The normalized spacial score (nSPS) is 30.8. The highest BCUT2D eigenvalue weighted by Gasteiger charge is 2.30. The summed E-state index contributed by atoms with van der Waals surface area (Å²) in [6, 6.07) is 2.60. The average Bonchev–Trinajstić information content (AvgIpc) is 2.85. The van der Waals surface area contributed by atoms with Crippen LogP contribution in [0.5, 0.6) is 0 Å². The van der Waals surface area contributed by atoms with Crippen LogP contribution in [0, 0.1) is 6.92 Å². The molecule has 3 unspecified atom stereocenters. The molecule has 0 aromatic carbocycles. The lowest BCUT2D eigenvalue weighted by atomic mass is 10.1. The second-order valence-corrected chi connectivity index (χ2v) is 6.43. The van der Waals surface area contributed by atoms with Crippen molar-refractivity contribution in [2.24, 2.45) is 0 Å². The Morgan fingerprint density at radius 2 is 2.05 bits per heavy atom. The van der Waals surface area contributed by atoms with Crippen molar-refractivity contribution in [1.29, 1.82) is 0 Å². The molecule has 0 spiro atoms. The minimum absolute atomic E-state index is 0.338. The van der Waals surface area contributed by atoms with Crippen molar-refractivity contribution in [3.05, 3.63) is 18.1 Å². The maximum absolute atomic E-state index is 5.83. The summed E-state index contributed by atoms with van der Waals surface area (Å²) in [7, 11) is 0. The van der Waals surface area contributed by atoms with E-state index in [0.29, 0.717) is 18.2 Å². The van der Waals surface area contributed by atoms with Crippen molar-refractivity contribution < 1.29 is 4.74 Å². The molecule has 3 heterocycles. The first kappa shape index (κ1) is 14.7. The molecule has 5 heteroatoms. The van der Waals surface area contributed by atoms with Crippen molar-refractivity contribution in [3.8, 4) is 0 Å². The average molecular weight is 290 g/mol. The molecule has 1 aromatic rings. The quantitative estimate of drug-likeness (QED) is 0.850. The Hall–Kier alpha value is -1.20. The summed E-state index contributed by atoms with van der Waals surface area (Å²) in [5.74, 6) is 1.94. The van der Waals surface area contributed by atoms with Crippen LogP contribution in [0.2, 0.25) is 0 Å². The molecular formula is C16H26N4O. The lowest BCUT2D eigenvalue weighted by Crippen LogP contribution is -2.50. The summed E-state index contributed by atoms with van der Waals surface area (Å²) in [6.45, 7) is 10.6. The number of aryl methyl sites for hydroxylation is 1. The lowest BCUT2D eigenvalue weighted by Gasteiger charge is -2.38. The van der Waals surface area contributed by atoms with Crippen LogP contribution in [0.4, 0.5) is 5.82 Å². The minimum Gasteiger partial charge on any atom is -0.373 e. The molecule has 2 saturated heterocycles. The van der Waals surface area contributed by atoms with Gasteiger partial charge in [-0.2, -0.15) is 0 Å². The maximum Gasteiger partial charge on any atom is 0.132 e. The van der Waals surface area contributed by atoms with Gasteiger partial charge in [0.2, 0.25) is 0 Å². The smallest absolute Gasteiger partial charge is 0.132 e. The Morgan fingerprint density at radius 1 is 1.29 bits per heavy atom. The van der Waals surface area contributed by atoms with Crippen molar-refractivity contribution in [3.63, 3.8) is 0 Å². The second kappa shape index (κ2) is 6.28. The monoisotopic (exact) mass is 290 g/mol. The summed E-state index contributed by atoms with van der Waals surface area (Å²) in [5, 5.41) is 0. The van der Waals surface area contributed by atoms with Gasteiger partial charge in [-0.25, -0.2) is 9.97 Å². The first-order valence-corrected chi connectivity index (χ1v) is 8.06. The van der Waals surface area contributed by atoms with Crippen molar-refractivity contribution >= 4 is 5.82 Å². The van der Waals surface area contributed by atoms with Crippen LogP contribution in [0.3, 0.4) is 0 Å². The molecule has 1 aromatic heterocycles. The Bertz CT molecular complexity index is 471. The van der Waals surface area contributed by atoms with Crippen molar-refractivity contribution in [2.45, 2.75) is 51.9 Å². The van der Waals surface area contributed by atoms with Gasteiger partial charge >= 0.3 is 0 Å². The standard InChI is InChI=1S/C16H26N4O/c1-12-9-19(10-13(2)21-12)11-15-5-4-8-20(15)16-6-7-17-14(3)18-16/h6-7,12-13,15H,4-5,8-11H2,1-3H3. The highest BCUT2D eigenvalue weighted by molar-refractivity contribution is 5.40. The summed E-state index contributed by atoms with van der Waals surface area (Å²) < 4.78 is 5.83. The molecule has 0 aliphatic carbocycles. The summed E-state index contributed by atoms with van der Waals surface area (Å²) in [5.41, 5.74) is 0. The lowest BCUT2D eigenvalue weighted by molar-refractivity contribution is -0.0689. The van der Waals surface area contributed by atoms with Gasteiger partial charge in [0.05, 0.1) is 12.2 Å². The van der Waals surface area contributed by atoms with Gasteiger partial charge in [-0.3, -0.25) is 4.90 Å². The predicted octanol–water partition coefficient (Wildman–Crippen LogP) is 1.86. The number of anilines is 1. The van der Waals surface area contributed by atoms with Crippen LogP contribution in [0.15, 0.2) is 12.3 Å². The van der Waals surface area contributed by atoms with Crippen LogP contribution >= 0.6 is 0 Å². The third kappa shape index (κ3) is 3.52. The number of morpholine rings is 1. The number of nitrogens with zero attached hydrogens (tertiary/aromatic N) is 4. The van der Waals surface area contributed by atoms with Gasteiger partial charge in [-0.15, -0.1) is 0 Å². The summed E-state index contributed by atoms with van der Waals surface area (Å²) in [4.78, 5) is 13.8. The van der Waals surface area contributed by atoms with Gasteiger partial charge in [-0.1, -0.05) is 0 Å². The van der Waals surface area contributed by atoms with Crippen molar-refractivity contribution in [1.82, 2.24) is 14.9 Å². The van der Waals surface area contributed by atoms with Crippen LogP contribution in [-0.4, -0.2) is 59.3 Å². The topological polar surface area (TPSA) is 41.5 Å². The highest BCUT2D eigenvalue weighted by Crippen LogP contribution is 2.25. The summed E-state index contributed by atoms with van der Waals surface area (Å²) in [6.07, 6.45) is 5.05. The Morgan fingerprint density at radius 3 is 2.76 bits per heavy atom. The van der Waals surface area contributed by atoms with E-state index in [1.165, 1.54) is 12.8 Å². The van der Waals surface area contributed by atoms with Gasteiger partial charge in [-0.05, 0) is 39.7 Å². The van der Waals surface area contributed by atoms with E-state index in [1.54, 1.807) is 0 Å². The molecule has 2 aliphatic rings. The first-order chi connectivity index (χ1) is 10.1. The van der Waals surface area contributed by atoms with Crippen LogP contribution in [0.1, 0.15) is 32.5 Å². The Labute approximate surface area is 127 Å². The fraction of sp³-hybridized carbons (Fsp3) is 0.750. The fourth-order valence-corrected chi connectivity index (χ4v) is 3.66. The molecular weight excluding hydrogens is 264 g/mol. The fourth-order valence-electron chi connectivity index (χ4n) is 3.66. The minimum atomic E-state index is 0.338. The van der Waals surface area contributed by atoms with E-state index in [1.807, 2.05) is 19.2 Å². The zero-order valence-corrected chi connectivity index (χ0v) is 13.3. The molecule has 0 saturated carbocycles. The molecule has 2 fully saturated rings. The zero-order chi connectivity index (χ0) is 14.8. The van der Waals surface area contributed by atoms with E-state index in [9.17, 15) is 0 Å². The third-order valence-electron chi connectivity index (χ3n) is 4.40. The van der Waals surface area contributed by atoms with E-state index in [-0.39, 0.29) is 0 Å². The Kier molecular flexibility index (Phi) is 4.40. The van der Waals surface area contributed by atoms with E-state index in [2.05, 4.69) is 33.6 Å². The first-order valence-electron chi connectivity index (χ1n) is 8.06. The molecule has 0 radical (unpaired) electrons. The summed E-state index contributed by atoms with van der Waals surface area (Å²) >= 11 is 0. The zero-order valence-electron chi connectivity index (χ0n) is 13.3. The number of hydrogen-bond acceptors (Lipinski definition) is 5. The van der Waals surface area contributed by atoms with E-state index >= 15 is 0 Å². The molecule has 3 rings (SSSR count). The van der Waals surface area contributed by atoms with Crippen LogP contribution in [-0.2, 0) is 4.74 Å². The molecule has 0 N–H and O–H groups in total. The van der Waals surface area contributed by atoms with Gasteiger partial charge in [0.15, 0.2) is 0 Å². The molecule has 0 amide bonds. The molecule has 5 nitrogen and oxygen atoms in total. The number of aromatic nitrogens is 2. The number of rotatable bonds is 3. The molecule has 21 heavy (non-hydrogen) atoms. The Balaban J connectivity index is 1.67. The predicted molar refractivity (Wildman–Crippen MR) is 83.6 cm³/mol. The van der Waals surface area contributed by atoms with E-state index in [0.717, 1.165) is 37.8 Å². The number of ether oxygens (including phenoxy) is 1. The maximum atomic E-state index is 5.83. The van der Waals surface area contributed by atoms with Crippen LogP contribution in [0.25, 0.3) is 0 Å². The van der Waals surface area contributed by atoms with E-state index < -0.39 is 0 Å². The van der Waals surface area contributed by atoms with Gasteiger partial charge in [0.25, 0.3) is 0 Å². The van der Waals surface area contributed by atoms with Gasteiger partial charge < -0.3 is 9.64 Å². The van der Waals surface area contributed by atoms with E-state index in [4.69, 9.17) is 4.74 Å². The molecule has 0 bridgehead atoms. The number of hydrogen-bond donors (Lipinski definition) is 0. The molecule has 2 aliphatic heterocycles. The van der Waals surface area contributed by atoms with Crippen LogP contribution < -0.4 is 4.90 Å². The molecule has 116 valence electrons. The largest absolute Gasteiger partial charge is 0.373 e. The highest BCUT2D eigenvalue weighted by atomic mass is 16.5. The van der Waals surface area contributed by atoms with Crippen molar-refractivity contribution in [2.75, 3.05) is 31.1 Å². The second-order valence-electron chi connectivity index (χ2n) is 6.43. The SMILES string of the molecule is Cc1nccc(N2CCCC2CN2CC(C)OC(C)C2)n1. The molecule has 3 atom stereocenters. The van der Waals surface area contributed by atoms with Gasteiger partial charge in [0.1, 0.15) is 11.6 Å². The third-order valence-corrected chi connectivity index (χ3v) is 4.40.